The first-order valence-electron chi connectivity index (χ1n) is 8.35. The maximum Gasteiger partial charge on any atom is 0.271 e. The standard InChI is InChI=1S/C19H25N3O3/c1-5-6-9-25-17-8-7-15(11-18(17)24-4)19(23)22-20-12-16-10-13(2)21-14(16)3/h7-8,10-12,21H,5-6,9H2,1-4H3,(H,22,23)/b20-12+. The van der Waals surface area contributed by atoms with Crippen LogP contribution in [0.1, 0.15) is 47.1 Å². The summed E-state index contributed by atoms with van der Waals surface area (Å²) in [5.74, 6) is 0.860. The number of methoxy groups -OCH3 is 1. The van der Waals surface area contributed by atoms with Gasteiger partial charge in [0.05, 0.1) is 19.9 Å². The summed E-state index contributed by atoms with van der Waals surface area (Å²) < 4.78 is 11.0. The number of hydrogen-bond donors (Lipinski definition) is 2. The number of unbranched alkanes of at least 4 members (excludes halogenated alkanes) is 1. The number of nitrogens with one attached hydrogen (secondary N) is 2. The van der Waals surface area contributed by atoms with Crippen molar-refractivity contribution in [3.8, 4) is 11.5 Å². The number of rotatable bonds is 8. The van der Waals surface area contributed by atoms with Gasteiger partial charge in [-0.15, -0.1) is 0 Å². The number of hydrogen-bond acceptors (Lipinski definition) is 4. The van der Waals surface area contributed by atoms with Crippen LogP contribution in [0, 0.1) is 13.8 Å². The molecule has 0 atom stereocenters. The van der Waals surface area contributed by atoms with Crippen LogP contribution in [0.25, 0.3) is 0 Å². The maximum atomic E-state index is 12.2. The predicted octanol–water partition coefficient (Wildman–Crippen LogP) is 3.58. The molecule has 6 heteroatoms. The normalized spacial score (nSPS) is 10.9. The van der Waals surface area contributed by atoms with Gasteiger partial charge in [0, 0.05) is 22.5 Å². The molecular weight excluding hydrogens is 318 g/mol. The molecule has 0 aliphatic rings. The lowest BCUT2D eigenvalue weighted by Gasteiger charge is -2.11. The Balaban J connectivity index is 2.02. The Bertz CT molecular complexity index is 750. The molecule has 0 saturated heterocycles. The van der Waals surface area contributed by atoms with E-state index in [1.807, 2.05) is 19.9 Å². The van der Waals surface area contributed by atoms with Crippen LogP contribution in [-0.4, -0.2) is 30.8 Å². The van der Waals surface area contributed by atoms with Crippen molar-refractivity contribution < 1.29 is 14.3 Å². The molecule has 0 bridgehead atoms. The minimum absolute atomic E-state index is 0.306. The Morgan fingerprint density at radius 3 is 2.72 bits per heavy atom. The molecule has 2 N–H and O–H groups in total. The van der Waals surface area contributed by atoms with Gasteiger partial charge in [-0.25, -0.2) is 5.43 Å². The second-order valence-corrected chi connectivity index (χ2v) is 5.80. The molecular formula is C19H25N3O3. The summed E-state index contributed by atoms with van der Waals surface area (Å²) in [6.45, 7) is 6.65. The fraction of sp³-hybridized carbons (Fsp3) is 0.368. The van der Waals surface area contributed by atoms with Gasteiger partial charge in [-0.1, -0.05) is 13.3 Å². The molecule has 1 aromatic carbocycles. The fourth-order valence-electron chi connectivity index (χ4n) is 2.36. The van der Waals surface area contributed by atoms with Crippen molar-refractivity contribution in [2.75, 3.05) is 13.7 Å². The van der Waals surface area contributed by atoms with E-state index in [4.69, 9.17) is 9.47 Å². The van der Waals surface area contributed by atoms with Crippen molar-refractivity contribution in [3.63, 3.8) is 0 Å². The summed E-state index contributed by atoms with van der Waals surface area (Å²) in [5.41, 5.74) is 5.98. The molecule has 25 heavy (non-hydrogen) atoms. The van der Waals surface area contributed by atoms with Crippen molar-refractivity contribution in [2.24, 2.45) is 5.10 Å². The highest BCUT2D eigenvalue weighted by Gasteiger charge is 2.11. The van der Waals surface area contributed by atoms with Crippen LogP contribution in [0.4, 0.5) is 0 Å². The van der Waals surface area contributed by atoms with Crippen molar-refractivity contribution in [1.29, 1.82) is 0 Å². The number of benzene rings is 1. The quantitative estimate of drug-likeness (QED) is 0.437. The smallest absolute Gasteiger partial charge is 0.271 e. The predicted molar refractivity (Wildman–Crippen MR) is 98.7 cm³/mol. The van der Waals surface area contributed by atoms with Gasteiger partial charge in [0.15, 0.2) is 11.5 Å². The first kappa shape index (κ1) is 18.6. The number of aryl methyl sites for hydroxylation is 2. The monoisotopic (exact) mass is 343 g/mol. The summed E-state index contributed by atoms with van der Waals surface area (Å²) >= 11 is 0. The molecule has 0 spiro atoms. The molecule has 1 amide bonds. The number of aromatic amines is 1. The van der Waals surface area contributed by atoms with E-state index < -0.39 is 0 Å². The third-order valence-electron chi connectivity index (χ3n) is 3.74. The van der Waals surface area contributed by atoms with Gasteiger partial charge in [0.25, 0.3) is 5.91 Å². The topological polar surface area (TPSA) is 75.7 Å². The Morgan fingerprint density at radius 1 is 1.28 bits per heavy atom. The summed E-state index contributed by atoms with van der Waals surface area (Å²) in [6.07, 6.45) is 3.65. The van der Waals surface area contributed by atoms with Crippen molar-refractivity contribution in [3.05, 3.63) is 46.8 Å². The zero-order valence-corrected chi connectivity index (χ0v) is 15.2. The average Bonchev–Trinajstić information content (AvgIpc) is 2.92. The highest BCUT2D eigenvalue weighted by atomic mass is 16.5. The van der Waals surface area contributed by atoms with Gasteiger partial charge in [0.2, 0.25) is 0 Å². The van der Waals surface area contributed by atoms with Gasteiger partial charge >= 0.3 is 0 Å². The van der Waals surface area contributed by atoms with Gasteiger partial charge in [-0.05, 0) is 44.5 Å². The van der Waals surface area contributed by atoms with E-state index in [1.165, 1.54) is 0 Å². The summed E-state index contributed by atoms with van der Waals surface area (Å²) in [7, 11) is 1.55. The average molecular weight is 343 g/mol. The van der Waals surface area contributed by atoms with Crippen LogP contribution in [0.2, 0.25) is 0 Å². The Morgan fingerprint density at radius 2 is 2.08 bits per heavy atom. The number of hydrazone groups is 1. The number of carbonyl (C=O) groups excluding carboxylic acids is 1. The summed E-state index contributed by atoms with van der Waals surface area (Å²) in [4.78, 5) is 15.4. The lowest BCUT2D eigenvalue weighted by molar-refractivity contribution is 0.0954. The molecule has 0 saturated carbocycles. The second-order valence-electron chi connectivity index (χ2n) is 5.80. The Labute approximate surface area is 148 Å². The van der Waals surface area contributed by atoms with E-state index in [1.54, 1.807) is 31.5 Å². The van der Waals surface area contributed by atoms with Crippen LogP contribution in [0.5, 0.6) is 11.5 Å². The first-order chi connectivity index (χ1) is 12.0. The lowest BCUT2D eigenvalue weighted by atomic mass is 10.2. The Kier molecular flexibility index (Phi) is 6.62. The number of aromatic nitrogens is 1. The SMILES string of the molecule is CCCCOc1ccc(C(=O)N/N=C/c2cc(C)[nH]c2C)cc1OC. The molecule has 0 fully saturated rings. The van der Waals surface area contributed by atoms with Gasteiger partial charge in [0.1, 0.15) is 0 Å². The van der Waals surface area contributed by atoms with Crippen LogP contribution < -0.4 is 14.9 Å². The minimum Gasteiger partial charge on any atom is -0.493 e. The highest BCUT2D eigenvalue weighted by molar-refractivity contribution is 5.95. The largest absolute Gasteiger partial charge is 0.493 e. The number of H-pyrrole nitrogens is 1. The van der Waals surface area contributed by atoms with Crippen molar-refractivity contribution in [1.82, 2.24) is 10.4 Å². The van der Waals surface area contributed by atoms with Crippen LogP contribution in [0.15, 0.2) is 29.4 Å². The Hall–Kier alpha value is -2.76. The second kappa shape index (κ2) is 8.92. The third kappa shape index (κ3) is 5.11. The molecule has 2 aromatic rings. The molecule has 0 aliphatic carbocycles. The molecule has 6 nitrogen and oxygen atoms in total. The van der Waals surface area contributed by atoms with Crippen LogP contribution >= 0.6 is 0 Å². The molecule has 1 heterocycles. The summed E-state index contributed by atoms with van der Waals surface area (Å²) in [6, 6.07) is 7.06. The highest BCUT2D eigenvalue weighted by Crippen LogP contribution is 2.28. The first-order valence-corrected chi connectivity index (χ1v) is 8.35. The number of nitrogens with zero attached hydrogens (tertiary/aromatic N) is 1. The molecule has 1 aromatic heterocycles. The number of ether oxygens (including phenoxy) is 2. The molecule has 0 unspecified atom stereocenters. The lowest BCUT2D eigenvalue weighted by Crippen LogP contribution is -2.17. The van der Waals surface area contributed by atoms with E-state index in [9.17, 15) is 4.79 Å². The third-order valence-corrected chi connectivity index (χ3v) is 3.74. The van der Waals surface area contributed by atoms with E-state index in [2.05, 4.69) is 22.4 Å². The molecule has 0 radical (unpaired) electrons. The van der Waals surface area contributed by atoms with Gasteiger partial charge in [-0.2, -0.15) is 5.10 Å². The number of carbonyl (C=O) groups is 1. The van der Waals surface area contributed by atoms with Crippen molar-refractivity contribution >= 4 is 12.1 Å². The van der Waals surface area contributed by atoms with E-state index in [0.29, 0.717) is 23.7 Å². The van der Waals surface area contributed by atoms with E-state index in [0.717, 1.165) is 29.8 Å². The summed E-state index contributed by atoms with van der Waals surface area (Å²) in [5, 5.41) is 4.01. The van der Waals surface area contributed by atoms with Crippen LogP contribution in [0.3, 0.4) is 0 Å². The van der Waals surface area contributed by atoms with E-state index in [-0.39, 0.29) is 5.91 Å². The molecule has 0 aliphatic heterocycles. The minimum atomic E-state index is -0.306. The van der Waals surface area contributed by atoms with E-state index >= 15 is 0 Å². The number of amides is 1. The van der Waals surface area contributed by atoms with Gasteiger partial charge < -0.3 is 14.5 Å². The zero-order valence-electron chi connectivity index (χ0n) is 15.2. The van der Waals surface area contributed by atoms with Crippen LogP contribution in [-0.2, 0) is 0 Å². The fourth-order valence-corrected chi connectivity index (χ4v) is 2.36. The zero-order chi connectivity index (χ0) is 18.2. The van der Waals surface area contributed by atoms with Gasteiger partial charge in [-0.3, -0.25) is 4.79 Å². The molecule has 134 valence electrons. The van der Waals surface area contributed by atoms with Crippen molar-refractivity contribution in [2.45, 2.75) is 33.6 Å². The maximum absolute atomic E-state index is 12.2. The molecule has 2 rings (SSSR count).